The summed E-state index contributed by atoms with van der Waals surface area (Å²) >= 11 is 3.24. The molecule has 5 heterocycles. The molecule has 1 atom stereocenters. The molecule has 2 bridgehead atoms. The van der Waals surface area contributed by atoms with Crippen molar-refractivity contribution >= 4 is 28.4 Å². The second kappa shape index (κ2) is 7.57. The average Bonchev–Trinajstić information content (AvgIpc) is 3.49. The van der Waals surface area contributed by atoms with Crippen LogP contribution in [0.15, 0.2) is 59.3 Å². The van der Waals surface area contributed by atoms with E-state index in [1.165, 1.54) is 0 Å². The molecule has 3 aliphatic heterocycles. The van der Waals surface area contributed by atoms with E-state index in [9.17, 15) is 15.2 Å². The molecule has 0 spiro atoms. The Morgan fingerprint density at radius 2 is 1.67 bits per heavy atom. The maximum atomic E-state index is 12.2. The molecule has 30 heavy (non-hydrogen) atoms. The van der Waals surface area contributed by atoms with E-state index in [-0.39, 0.29) is 16.5 Å². The average molecular weight is 442 g/mol. The van der Waals surface area contributed by atoms with E-state index in [0.29, 0.717) is 12.5 Å². The number of rotatable bonds is 6. The van der Waals surface area contributed by atoms with Gasteiger partial charge in [0.2, 0.25) is 0 Å². The molecular formula is C23H25N2O3S2+. The van der Waals surface area contributed by atoms with Crippen molar-refractivity contribution in [2.75, 3.05) is 19.6 Å². The van der Waals surface area contributed by atoms with Crippen LogP contribution in [0.2, 0.25) is 0 Å². The van der Waals surface area contributed by atoms with Crippen LogP contribution in [0.5, 0.6) is 0 Å². The summed E-state index contributed by atoms with van der Waals surface area (Å²) in [6.45, 7) is 3.56. The van der Waals surface area contributed by atoms with Crippen LogP contribution in [-0.2, 0) is 12.1 Å². The minimum absolute atomic E-state index is 0.111. The molecule has 0 saturated carbocycles. The van der Waals surface area contributed by atoms with E-state index in [0.717, 1.165) is 52.3 Å². The number of quaternary nitrogens is 1. The van der Waals surface area contributed by atoms with Crippen molar-refractivity contribution < 1.29 is 14.5 Å². The molecule has 0 aliphatic carbocycles. The molecule has 0 amide bonds. The highest BCUT2D eigenvalue weighted by atomic mass is 32.1. The molecule has 2 aromatic heterocycles. The predicted octanol–water partition coefficient (Wildman–Crippen LogP) is 5.01. The Morgan fingerprint density at radius 1 is 1.03 bits per heavy atom. The van der Waals surface area contributed by atoms with Gasteiger partial charge in [0.1, 0.15) is 12.1 Å². The molecule has 0 unspecified atom stereocenters. The summed E-state index contributed by atoms with van der Waals surface area (Å²) in [4.78, 5) is 13.3. The fourth-order valence-corrected chi connectivity index (χ4v) is 7.51. The van der Waals surface area contributed by atoms with Gasteiger partial charge in [0.15, 0.2) is 0 Å². The summed E-state index contributed by atoms with van der Waals surface area (Å²) in [5.41, 5.74) is 0.0263. The zero-order chi connectivity index (χ0) is 20.8. The van der Waals surface area contributed by atoms with Gasteiger partial charge in [-0.3, -0.25) is 10.1 Å². The molecule has 3 aromatic rings. The third-order valence-corrected chi connectivity index (χ3v) is 9.11. The Kier molecular flexibility index (Phi) is 5.01. The topological polar surface area (TPSA) is 63.4 Å². The minimum Gasteiger partial charge on any atom is -0.378 e. The maximum Gasteiger partial charge on any atom is 0.278 e. The largest absolute Gasteiger partial charge is 0.378 e. The second-order valence-corrected chi connectivity index (χ2v) is 10.6. The van der Waals surface area contributed by atoms with E-state index in [1.807, 2.05) is 47.2 Å². The van der Waals surface area contributed by atoms with Crippen LogP contribution >= 0.6 is 22.7 Å². The fourth-order valence-electron chi connectivity index (χ4n) is 5.64. The number of thiophene rings is 2. The molecule has 5 nitrogen and oxygen atoms in total. The second-order valence-electron chi connectivity index (χ2n) is 8.68. The van der Waals surface area contributed by atoms with Gasteiger partial charge in [0.05, 0.1) is 36.0 Å². The predicted molar refractivity (Wildman–Crippen MR) is 120 cm³/mol. The number of piperidine rings is 3. The highest BCUT2D eigenvalue weighted by Gasteiger charge is 2.56. The Balaban J connectivity index is 1.52. The smallest absolute Gasteiger partial charge is 0.278 e. The quantitative estimate of drug-likeness (QED) is 0.332. The molecular weight excluding hydrogens is 416 g/mol. The molecule has 1 N–H and O–H groups in total. The summed E-state index contributed by atoms with van der Waals surface area (Å²) in [6.07, 6.45) is 2.12. The van der Waals surface area contributed by atoms with Crippen molar-refractivity contribution in [3.8, 4) is 0 Å². The van der Waals surface area contributed by atoms with Crippen molar-refractivity contribution in [1.29, 1.82) is 0 Å². The summed E-state index contributed by atoms with van der Waals surface area (Å²) in [5, 5.41) is 27.8. The Morgan fingerprint density at radius 3 is 2.23 bits per heavy atom. The van der Waals surface area contributed by atoms with E-state index in [2.05, 4.69) is 0 Å². The van der Waals surface area contributed by atoms with Crippen LogP contribution < -0.4 is 0 Å². The number of hydrogen-bond acceptors (Lipinski definition) is 5. The summed E-state index contributed by atoms with van der Waals surface area (Å²) in [6, 6.07) is 15.3. The molecule has 0 radical (unpaired) electrons. The molecule has 3 aliphatic rings. The first kappa shape index (κ1) is 19.9. The van der Waals surface area contributed by atoms with Crippen molar-refractivity contribution in [1.82, 2.24) is 0 Å². The van der Waals surface area contributed by atoms with E-state index in [1.54, 1.807) is 34.8 Å². The molecule has 3 saturated heterocycles. The summed E-state index contributed by atoms with van der Waals surface area (Å²) in [7, 11) is 0. The van der Waals surface area contributed by atoms with Crippen molar-refractivity contribution in [2.45, 2.75) is 25.0 Å². The Bertz CT molecular complexity index is 990. The van der Waals surface area contributed by atoms with Crippen LogP contribution in [0.3, 0.4) is 0 Å². The zero-order valence-electron chi connectivity index (χ0n) is 16.6. The number of para-hydroxylation sites is 1. The van der Waals surface area contributed by atoms with Crippen LogP contribution in [0.1, 0.15) is 28.2 Å². The number of nitro benzene ring substituents is 1. The number of hydrogen-bond donors (Lipinski definition) is 1. The normalized spacial score (nSPS) is 26.0. The molecule has 6 rings (SSSR count). The first-order valence-electron chi connectivity index (χ1n) is 10.4. The van der Waals surface area contributed by atoms with Crippen molar-refractivity contribution in [2.24, 2.45) is 11.8 Å². The third kappa shape index (κ3) is 3.21. The van der Waals surface area contributed by atoms with Gasteiger partial charge in [-0.25, -0.2) is 0 Å². The van der Waals surface area contributed by atoms with Crippen molar-refractivity contribution in [3.05, 3.63) is 84.7 Å². The van der Waals surface area contributed by atoms with E-state index < -0.39 is 5.60 Å². The first-order chi connectivity index (χ1) is 14.5. The standard InChI is InChI=1S/C23H25N2O3S2/c26-23(21-7-3-13-29-21,22-8-4-14-30-22)19-16-25(11-9-17(19)10-12-25)15-18-5-1-2-6-20(18)24(27)28/h1-8,13-14,17,19,26H,9-12,15-16H2/q+1/t17?,19-,25?/m1/s1. The van der Waals surface area contributed by atoms with Crippen LogP contribution in [0, 0.1) is 22.0 Å². The van der Waals surface area contributed by atoms with Gasteiger partial charge in [-0.1, -0.05) is 24.3 Å². The number of nitro groups is 1. The number of nitrogens with zero attached hydrogens (tertiary/aromatic N) is 2. The van der Waals surface area contributed by atoms with E-state index in [4.69, 9.17) is 0 Å². The monoisotopic (exact) mass is 441 g/mol. The first-order valence-corrected chi connectivity index (χ1v) is 12.2. The SMILES string of the molecule is O=[N+]([O-])c1ccccc1C[N+]12CCC(CC1)[C@H](C(O)(c1cccs1)c1cccs1)C2. The van der Waals surface area contributed by atoms with Crippen LogP contribution in [-0.4, -0.2) is 34.1 Å². The van der Waals surface area contributed by atoms with Gasteiger partial charge in [0, 0.05) is 28.7 Å². The lowest BCUT2D eigenvalue weighted by molar-refractivity contribution is -0.960. The highest BCUT2D eigenvalue weighted by Crippen LogP contribution is 2.51. The van der Waals surface area contributed by atoms with Crippen LogP contribution in [0.25, 0.3) is 0 Å². The maximum absolute atomic E-state index is 12.2. The number of fused-ring (bicyclic) bond motifs is 3. The van der Waals surface area contributed by atoms with Gasteiger partial charge in [-0.2, -0.15) is 0 Å². The fraction of sp³-hybridized carbons (Fsp3) is 0.391. The van der Waals surface area contributed by atoms with Gasteiger partial charge in [-0.15, -0.1) is 22.7 Å². The van der Waals surface area contributed by atoms with Gasteiger partial charge in [0.25, 0.3) is 5.69 Å². The summed E-state index contributed by atoms with van der Waals surface area (Å²) in [5.74, 6) is 0.588. The van der Waals surface area contributed by atoms with Gasteiger partial charge < -0.3 is 9.59 Å². The Labute approximate surface area is 184 Å². The third-order valence-electron chi connectivity index (χ3n) is 7.13. The molecule has 1 aromatic carbocycles. The lowest BCUT2D eigenvalue weighted by Crippen LogP contribution is -2.64. The summed E-state index contributed by atoms with van der Waals surface area (Å²) < 4.78 is 0.824. The number of benzene rings is 1. The molecule has 3 fully saturated rings. The lowest BCUT2D eigenvalue weighted by Gasteiger charge is -2.56. The van der Waals surface area contributed by atoms with Gasteiger partial charge >= 0.3 is 0 Å². The molecule has 7 heteroatoms. The molecule has 156 valence electrons. The Hall–Kier alpha value is -2.06. The number of aliphatic hydroxyl groups is 1. The highest BCUT2D eigenvalue weighted by molar-refractivity contribution is 7.11. The minimum atomic E-state index is -0.986. The van der Waals surface area contributed by atoms with Gasteiger partial charge in [-0.05, 0) is 34.9 Å². The zero-order valence-corrected chi connectivity index (χ0v) is 18.3. The van der Waals surface area contributed by atoms with Crippen molar-refractivity contribution in [3.63, 3.8) is 0 Å². The lowest BCUT2D eigenvalue weighted by atomic mass is 9.67. The van der Waals surface area contributed by atoms with E-state index >= 15 is 0 Å². The van der Waals surface area contributed by atoms with Crippen LogP contribution in [0.4, 0.5) is 5.69 Å².